The Hall–Kier alpha value is -1.42. The molecule has 2 N–H and O–H groups in total. The smallest absolute Gasteiger partial charge is 0.168 e. The minimum atomic E-state index is -0.184. The predicted octanol–water partition coefficient (Wildman–Crippen LogP) is 1.65. The molecule has 1 rings (SSSR count). The first kappa shape index (κ1) is 12.6. The molecule has 0 spiro atoms. The van der Waals surface area contributed by atoms with E-state index in [9.17, 15) is 4.79 Å². The Morgan fingerprint density at radius 3 is 2.69 bits per heavy atom. The van der Waals surface area contributed by atoms with E-state index >= 15 is 0 Å². The summed E-state index contributed by atoms with van der Waals surface area (Å²) < 4.78 is 5.47. The highest BCUT2D eigenvalue weighted by Gasteiger charge is 2.14. The monoisotopic (exact) mass is 222 g/mol. The summed E-state index contributed by atoms with van der Waals surface area (Å²) in [5.41, 5.74) is 6.01. The zero-order chi connectivity index (χ0) is 12.1. The van der Waals surface area contributed by atoms with Crippen molar-refractivity contribution >= 4 is 5.78 Å². The fraction of sp³-hybridized carbons (Fsp3) is 0.500. The number of rotatable bonds is 5. The molecular weight excluding hydrogens is 204 g/mol. The van der Waals surface area contributed by atoms with Gasteiger partial charge < -0.3 is 10.5 Å². The van der Waals surface area contributed by atoms with Crippen molar-refractivity contribution < 1.29 is 9.53 Å². The first-order chi connectivity index (χ1) is 7.54. The summed E-state index contributed by atoms with van der Waals surface area (Å²) in [7, 11) is 0. The van der Waals surface area contributed by atoms with Gasteiger partial charge in [0.25, 0.3) is 0 Å². The van der Waals surface area contributed by atoms with E-state index in [0.29, 0.717) is 17.9 Å². The van der Waals surface area contributed by atoms with E-state index in [1.807, 2.05) is 13.8 Å². The van der Waals surface area contributed by atoms with Crippen LogP contribution in [0.4, 0.5) is 0 Å². The molecule has 0 fully saturated rings. The zero-order valence-corrected chi connectivity index (χ0v) is 9.93. The van der Waals surface area contributed by atoms with Gasteiger partial charge in [0.15, 0.2) is 5.78 Å². The lowest BCUT2D eigenvalue weighted by Gasteiger charge is -2.11. The van der Waals surface area contributed by atoms with Crippen molar-refractivity contribution in [3.63, 3.8) is 0 Å². The summed E-state index contributed by atoms with van der Waals surface area (Å²) in [6.07, 6.45) is 3.21. The molecule has 0 aromatic carbocycles. The minimum Gasteiger partial charge on any atom is -0.489 e. The molecule has 4 nitrogen and oxygen atoms in total. The molecule has 0 saturated heterocycles. The summed E-state index contributed by atoms with van der Waals surface area (Å²) in [6.45, 7) is 6.00. The summed E-state index contributed by atoms with van der Waals surface area (Å²) in [5, 5.41) is 0. The Labute approximate surface area is 95.8 Å². The Kier molecular flexibility index (Phi) is 4.43. The second-order valence-electron chi connectivity index (χ2n) is 4.08. The quantitative estimate of drug-likeness (QED) is 0.769. The fourth-order valence-corrected chi connectivity index (χ4v) is 1.28. The first-order valence-electron chi connectivity index (χ1n) is 5.40. The highest BCUT2D eigenvalue weighted by molar-refractivity contribution is 5.97. The third kappa shape index (κ3) is 3.31. The van der Waals surface area contributed by atoms with E-state index in [0.717, 1.165) is 0 Å². The summed E-state index contributed by atoms with van der Waals surface area (Å²) >= 11 is 0. The predicted molar refractivity (Wildman–Crippen MR) is 62.5 cm³/mol. The van der Waals surface area contributed by atoms with Crippen LogP contribution in [0.2, 0.25) is 0 Å². The number of ketones is 1. The molecule has 0 saturated carbocycles. The van der Waals surface area contributed by atoms with Crippen molar-refractivity contribution in [3.8, 4) is 5.75 Å². The van der Waals surface area contributed by atoms with Crippen molar-refractivity contribution in [3.05, 3.63) is 24.0 Å². The van der Waals surface area contributed by atoms with Gasteiger partial charge in [-0.25, -0.2) is 0 Å². The molecule has 0 aliphatic carbocycles. The number of carbonyl (C=O) groups excluding carboxylic acids is 1. The number of aromatic nitrogens is 1. The number of pyridine rings is 1. The molecule has 0 aliphatic heterocycles. The van der Waals surface area contributed by atoms with Crippen molar-refractivity contribution in [2.45, 2.75) is 26.9 Å². The summed E-state index contributed by atoms with van der Waals surface area (Å²) in [4.78, 5) is 15.8. The number of Topliss-reactive ketones (excluding diaryl/α,β-unsaturated/α-hetero) is 1. The molecule has 1 unspecified atom stereocenters. The molecule has 1 aromatic heterocycles. The molecule has 0 bridgehead atoms. The van der Waals surface area contributed by atoms with Crippen molar-refractivity contribution in [2.75, 3.05) is 6.54 Å². The van der Waals surface area contributed by atoms with Crippen LogP contribution in [0.15, 0.2) is 18.5 Å². The van der Waals surface area contributed by atoms with Gasteiger partial charge in [-0.1, -0.05) is 6.92 Å². The lowest BCUT2D eigenvalue weighted by Crippen LogP contribution is -2.20. The van der Waals surface area contributed by atoms with Crippen LogP contribution in [0.5, 0.6) is 5.75 Å². The van der Waals surface area contributed by atoms with Crippen LogP contribution >= 0.6 is 0 Å². The molecular formula is C12H18N2O2. The molecule has 0 amide bonds. The zero-order valence-electron chi connectivity index (χ0n) is 9.93. The van der Waals surface area contributed by atoms with Gasteiger partial charge >= 0.3 is 0 Å². The van der Waals surface area contributed by atoms with Crippen molar-refractivity contribution in [1.82, 2.24) is 4.98 Å². The lowest BCUT2D eigenvalue weighted by molar-refractivity contribution is 0.0933. The highest BCUT2D eigenvalue weighted by atomic mass is 16.5. The largest absolute Gasteiger partial charge is 0.489 e. The van der Waals surface area contributed by atoms with E-state index in [1.165, 1.54) is 0 Å². The Balaban J connectivity index is 2.85. The van der Waals surface area contributed by atoms with E-state index in [1.54, 1.807) is 25.4 Å². The third-order valence-electron chi connectivity index (χ3n) is 2.17. The maximum absolute atomic E-state index is 11.8. The normalized spacial score (nSPS) is 12.6. The lowest BCUT2D eigenvalue weighted by atomic mass is 10.0. The molecule has 1 heterocycles. The number of hydrogen-bond donors (Lipinski definition) is 1. The van der Waals surface area contributed by atoms with Gasteiger partial charge in [0.2, 0.25) is 0 Å². The van der Waals surface area contributed by atoms with Gasteiger partial charge in [0.05, 0.1) is 12.3 Å². The van der Waals surface area contributed by atoms with Gasteiger partial charge in [-0.3, -0.25) is 9.78 Å². The summed E-state index contributed by atoms with van der Waals surface area (Å²) in [5.74, 6) is 0.436. The van der Waals surface area contributed by atoms with Gasteiger partial charge in [-0.05, 0) is 19.9 Å². The standard InChI is InChI=1S/C12H18N2O2/c1-8(2)16-11-4-10(6-14-7-11)12(15)9(3)5-13/h4,6-9H,5,13H2,1-3H3. The van der Waals surface area contributed by atoms with Crippen LogP contribution in [0.25, 0.3) is 0 Å². The van der Waals surface area contributed by atoms with E-state index < -0.39 is 0 Å². The fourth-order valence-electron chi connectivity index (χ4n) is 1.28. The molecule has 0 aliphatic rings. The summed E-state index contributed by atoms with van der Waals surface area (Å²) in [6, 6.07) is 1.71. The van der Waals surface area contributed by atoms with Gasteiger partial charge in [0, 0.05) is 24.2 Å². The molecule has 1 aromatic rings. The maximum Gasteiger partial charge on any atom is 0.168 e. The van der Waals surface area contributed by atoms with Crippen LogP contribution < -0.4 is 10.5 Å². The van der Waals surface area contributed by atoms with Gasteiger partial charge in [-0.15, -0.1) is 0 Å². The molecule has 4 heteroatoms. The van der Waals surface area contributed by atoms with Crippen LogP contribution in [0, 0.1) is 5.92 Å². The molecule has 16 heavy (non-hydrogen) atoms. The van der Waals surface area contributed by atoms with Crippen molar-refractivity contribution in [2.24, 2.45) is 11.7 Å². The Morgan fingerprint density at radius 2 is 2.12 bits per heavy atom. The Morgan fingerprint density at radius 1 is 1.44 bits per heavy atom. The van der Waals surface area contributed by atoms with Crippen LogP contribution in [0.3, 0.4) is 0 Å². The van der Waals surface area contributed by atoms with E-state index in [-0.39, 0.29) is 17.8 Å². The van der Waals surface area contributed by atoms with Crippen molar-refractivity contribution in [1.29, 1.82) is 0 Å². The number of nitrogens with two attached hydrogens (primary N) is 1. The van der Waals surface area contributed by atoms with Crippen LogP contribution in [0.1, 0.15) is 31.1 Å². The van der Waals surface area contributed by atoms with E-state index in [2.05, 4.69) is 4.98 Å². The average molecular weight is 222 g/mol. The molecule has 1 atom stereocenters. The molecule has 88 valence electrons. The SMILES string of the molecule is CC(C)Oc1cncc(C(=O)C(C)CN)c1. The minimum absolute atomic E-state index is 0.00389. The van der Waals surface area contributed by atoms with Gasteiger partial charge in [0.1, 0.15) is 5.75 Å². The second kappa shape index (κ2) is 5.61. The number of nitrogens with zero attached hydrogens (tertiary/aromatic N) is 1. The number of ether oxygens (including phenoxy) is 1. The van der Waals surface area contributed by atoms with Gasteiger partial charge in [-0.2, -0.15) is 0 Å². The topological polar surface area (TPSA) is 65.2 Å². The first-order valence-corrected chi connectivity index (χ1v) is 5.40. The maximum atomic E-state index is 11.8. The number of carbonyl (C=O) groups is 1. The van der Waals surface area contributed by atoms with Crippen LogP contribution in [-0.2, 0) is 0 Å². The highest BCUT2D eigenvalue weighted by Crippen LogP contribution is 2.15. The third-order valence-corrected chi connectivity index (χ3v) is 2.17. The second-order valence-corrected chi connectivity index (χ2v) is 4.08. The van der Waals surface area contributed by atoms with E-state index in [4.69, 9.17) is 10.5 Å². The molecule has 0 radical (unpaired) electrons. The Bertz CT molecular complexity index is 364. The van der Waals surface area contributed by atoms with Crippen LogP contribution in [-0.4, -0.2) is 23.4 Å². The number of hydrogen-bond acceptors (Lipinski definition) is 4. The average Bonchev–Trinajstić information content (AvgIpc) is 2.26.